The number of benzene rings is 1. The van der Waals surface area contributed by atoms with E-state index in [1.165, 1.54) is 5.56 Å². The van der Waals surface area contributed by atoms with Crippen LogP contribution in [0.1, 0.15) is 36.0 Å². The summed E-state index contributed by atoms with van der Waals surface area (Å²) in [5.74, 6) is 0.929. The quantitative estimate of drug-likeness (QED) is 0.640. The molecule has 1 aromatic carbocycles. The van der Waals surface area contributed by atoms with Crippen molar-refractivity contribution in [1.29, 1.82) is 0 Å². The van der Waals surface area contributed by atoms with Crippen LogP contribution < -0.4 is 0 Å². The molecule has 5 heteroatoms. The van der Waals surface area contributed by atoms with Crippen LogP contribution in [0.2, 0.25) is 0 Å². The van der Waals surface area contributed by atoms with Crippen LogP contribution in [0, 0.1) is 5.92 Å². The molecule has 2 aromatic heterocycles. The van der Waals surface area contributed by atoms with Crippen LogP contribution in [0.25, 0.3) is 10.9 Å². The van der Waals surface area contributed by atoms with Gasteiger partial charge in [0.2, 0.25) is 5.91 Å². The van der Waals surface area contributed by atoms with Gasteiger partial charge in [0.25, 0.3) is 0 Å². The molecule has 148 valence electrons. The lowest BCUT2D eigenvalue weighted by Gasteiger charge is -2.37. The van der Waals surface area contributed by atoms with Crippen molar-refractivity contribution in [2.75, 3.05) is 20.1 Å². The van der Waals surface area contributed by atoms with Gasteiger partial charge in [0.15, 0.2) is 0 Å². The van der Waals surface area contributed by atoms with E-state index in [-0.39, 0.29) is 5.91 Å². The van der Waals surface area contributed by atoms with Gasteiger partial charge in [-0.05, 0) is 35.6 Å². The summed E-state index contributed by atoms with van der Waals surface area (Å²) in [7, 11) is 1.78. The van der Waals surface area contributed by atoms with Gasteiger partial charge in [-0.15, -0.1) is 0 Å². The molecular formula is C24H26N4O. The number of fused-ring (bicyclic) bond motifs is 1. The molecule has 0 unspecified atom stereocenters. The summed E-state index contributed by atoms with van der Waals surface area (Å²) in [6, 6.07) is 12.2. The first-order valence-corrected chi connectivity index (χ1v) is 10.1. The minimum Gasteiger partial charge on any atom is -0.342 e. The highest BCUT2D eigenvalue weighted by molar-refractivity contribution is 5.99. The molecule has 3 heterocycles. The number of rotatable bonds is 4. The summed E-state index contributed by atoms with van der Waals surface area (Å²) in [6.07, 6.45) is 8.66. The summed E-state index contributed by atoms with van der Waals surface area (Å²) in [4.78, 5) is 27.9. The summed E-state index contributed by atoms with van der Waals surface area (Å²) < 4.78 is 0. The van der Waals surface area contributed by atoms with Gasteiger partial charge in [0, 0.05) is 61.8 Å². The van der Waals surface area contributed by atoms with Crippen LogP contribution in [0.3, 0.4) is 0 Å². The van der Waals surface area contributed by atoms with Gasteiger partial charge in [-0.1, -0.05) is 31.2 Å². The van der Waals surface area contributed by atoms with Crippen molar-refractivity contribution in [2.24, 2.45) is 10.9 Å². The molecule has 0 bridgehead atoms. The lowest BCUT2D eigenvalue weighted by molar-refractivity contribution is -0.132. The topological polar surface area (TPSA) is 58.5 Å². The summed E-state index contributed by atoms with van der Waals surface area (Å²) in [5, 5.41) is 1.16. The third-order valence-electron chi connectivity index (χ3n) is 5.63. The number of carbonyl (C=O) groups is 1. The van der Waals surface area contributed by atoms with Gasteiger partial charge in [0.1, 0.15) is 0 Å². The molecule has 0 radical (unpaired) electrons. The third kappa shape index (κ3) is 4.19. The number of aromatic nitrogens is 2. The Bertz CT molecular complexity index is 1030. The number of likely N-dealkylation sites (tertiary alicyclic amines) is 1. The number of nitrogens with zero attached hydrogens (tertiary/aromatic N) is 4. The molecular weight excluding hydrogens is 360 g/mol. The van der Waals surface area contributed by atoms with Crippen LogP contribution in [0.4, 0.5) is 0 Å². The molecule has 2 atom stereocenters. The van der Waals surface area contributed by atoms with Crippen molar-refractivity contribution >= 4 is 23.0 Å². The zero-order chi connectivity index (χ0) is 20.2. The first-order valence-electron chi connectivity index (χ1n) is 10.1. The van der Waals surface area contributed by atoms with Gasteiger partial charge < -0.3 is 4.90 Å². The highest BCUT2D eigenvalue weighted by Crippen LogP contribution is 2.34. The Morgan fingerprint density at radius 2 is 2.07 bits per heavy atom. The zero-order valence-electron chi connectivity index (χ0n) is 17.0. The maximum atomic E-state index is 13.0. The molecule has 4 rings (SSSR count). The van der Waals surface area contributed by atoms with E-state index in [1.807, 2.05) is 35.5 Å². The number of pyridine rings is 2. The lowest BCUT2D eigenvalue weighted by atomic mass is 9.83. The van der Waals surface area contributed by atoms with E-state index in [9.17, 15) is 4.79 Å². The number of aliphatic imine (C=N–C) groups is 1. The molecule has 0 saturated carbocycles. The van der Waals surface area contributed by atoms with E-state index in [0.717, 1.165) is 41.5 Å². The van der Waals surface area contributed by atoms with Crippen LogP contribution >= 0.6 is 0 Å². The van der Waals surface area contributed by atoms with Crippen LogP contribution in [0.5, 0.6) is 0 Å². The second kappa shape index (κ2) is 8.52. The Morgan fingerprint density at radius 3 is 2.86 bits per heavy atom. The summed E-state index contributed by atoms with van der Waals surface area (Å²) in [5.41, 5.74) is 4.24. The maximum absolute atomic E-state index is 13.0. The van der Waals surface area contributed by atoms with E-state index in [1.54, 1.807) is 19.4 Å². The van der Waals surface area contributed by atoms with Crippen LogP contribution in [0.15, 0.2) is 60.0 Å². The average Bonchev–Trinajstić information content (AvgIpc) is 2.74. The van der Waals surface area contributed by atoms with Gasteiger partial charge in [-0.2, -0.15) is 0 Å². The monoisotopic (exact) mass is 386 g/mol. The smallest absolute Gasteiger partial charge is 0.227 e. The first-order chi connectivity index (χ1) is 14.2. The van der Waals surface area contributed by atoms with Crippen LogP contribution in [-0.4, -0.2) is 47.1 Å². The predicted octanol–water partition coefficient (Wildman–Crippen LogP) is 3.87. The highest BCUT2D eigenvalue weighted by atomic mass is 16.2. The fourth-order valence-corrected chi connectivity index (χ4v) is 4.39. The largest absolute Gasteiger partial charge is 0.342 e. The first kappa shape index (κ1) is 19.2. The molecule has 1 saturated heterocycles. The second-order valence-corrected chi connectivity index (χ2v) is 7.91. The molecule has 29 heavy (non-hydrogen) atoms. The molecule has 5 nitrogen and oxygen atoms in total. The zero-order valence-corrected chi connectivity index (χ0v) is 17.0. The Morgan fingerprint density at radius 1 is 1.21 bits per heavy atom. The lowest BCUT2D eigenvalue weighted by Crippen LogP contribution is -2.43. The Balaban J connectivity index is 1.62. The normalized spacial score (nSPS) is 19.7. The van der Waals surface area contributed by atoms with E-state index in [4.69, 9.17) is 0 Å². The van der Waals surface area contributed by atoms with Crippen molar-refractivity contribution < 1.29 is 4.79 Å². The van der Waals surface area contributed by atoms with Gasteiger partial charge >= 0.3 is 0 Å². The van der Waals surface area contributed by atoms with Crippen molar-refractivity contribution in [3.8, 4) is 0 Å². The van der Waals surface area contributed by atoms with E-state index in [2.05, 4.69) is 40.1 Å². The van der Waals surface area contributed by atoms with E-state index < -0.39 is 0 Å². The number of hydrogen-bond acceptors (Lipinski definition) is 4. The predicted molar refractivity (Wildman–Crippen MR) is 116 cm³/mol. The number of carbonyl (C=O) groups excluding carboxylic acids is 1. The summed E-state index contributed by atoms with van der Waals surface area (Å²) >= 11 is 0. The minimum absolute atomic E-state index is 0.173. The molecule has 1 fully saturated rings. The molecule has 0 N–H and O–H groups in total. The maximum Gasteiger partial charge on any atom is 0.227 e. The fourth-order valence-electron chi connectivity index (χ4n) is 4.39. The minimum atomic E-state index is 0.173. The third-order valence-corrected chi connectivity index (χ3v) is 5.63. The van der Waals surface area contributed by atoms with Gasteiger partial charge in [-0.25, -0.2) is 0 Å². The van der Waals surface area contributed by atoms with Crippen molar-refractivity contribution in [2.45, 2.75) is 25.7 Å². The SMILES string of the molecule is CN=Cc1ccc([C@H]2C[C@@H](C)CN(C(=O)Cc3cccnc3)C2)c2cccnc12. The molecule has 0 spiro atoms. The van der Waals surface area contributed by atoms with Crippen molar-refractivity contribution in [3.63, 3.8) is 0 Å². The number of hydrogen-bond donors (Lipinski definition) is 0. The Hall–Kier alpha value is -3.08. The number of piperidine rings is 1. The molecule has 3 aromatic rings. The standard InChI is InChI=1S/C24H26N4O/c1-17-11-20(16-28(15-17)23(29)12-18-5-3-9-26-13-18)21-8-7-19(14-25-2)24-22(21)6-4-10-27-24/h3-10,13-14,17,20H,11-12,15-16H2,1-2H3/t17-,20+/m1/s1. The van der Waals surface area contributed by atoms with E-state index in [0.29, 0.717) is 18.3 Å². The fraction of sp³-hybridized carbons (Fsp3) is 0.333. The second-order valence-electron chi connectivity index (χ2n) is 7.91. The molecule has 1 aliphatic rings. The molecule has 1 aliphatic heterocycles. The average molecular weight is 386 g/mol. The molecule has 1 amide bonds. The van der Waals surface area contributed by atoms with Crippen molar-refractivity contribution in [1.82, 2.24) is 14.9 Å². The number of amides is 1. The van der Waals surface area contributed by atoms with Gasteiger partial charge in [-0.3, -0.25) is 19.8 Å². The van der Waals surface area contributed by atoms with Crippen molar-refractivity contribution in [3.05, 3.63) is 71.7 Å². The summed E-state index contributed by atoms with van der Waals surface area (Å²) in [6.45, 7) is 3.79. The van der Waals surface area contributed by atoms with Gasteiger partial charge in [0.05, 0.1) is 11.9 Å². The molecule has 0 aliphatic carbocycles. The highest BCUT2D eigenvalue weighted by Gasteiger charge is 2.29. The van der Waals surface area contributed by atoms with E-state index >= 15 is 0 Å². The Labute approximate surface area is 171 Å². The van der Waals surface area contributed by atoms with Crippen LogP contribution in [-0.2, 0) is 11.2 Å². The Kier molecular flexibility index (Phi) is 5.65.